The van der Waals surface area contributed by atoms with Crippen LogP contribution in [0, 0.1) is 5.92 Å². The highest BCUT2D eigenvalue weighted by atomic mass is 16.5. The number of nitrogens with zero attached hydrogens (tertiary/aromatic N) is 3. The van der Waals surface area contributed by atoms with Gasteiger partial charge in [-0.05, 0) is 30.9 Å². The minimum absolute atomic E-state index is 0.0182. The van der Waals surface area contributed by atoms with Crippen LogP contribution in [0.15, 0.2) is 67.0 Å². The van der Waals surface area contributed by atoms with Gasteiger partial charge in [-0.1, -0.05) is 48.5 Å². The zero-order valence-corrected chi connectivity index (χ0v) is 19.8. The lowest BCUT2D eigenvalue weighted by Crippen LogP contribution is -2.44. The maximum atomic E-state index is 13.3. The minimum atomic E-state index is -0.422. The molecular formula is C27H32N4O3. The number of carbonyl (C=O) groups is 2. The number of piperidine rings is 1. The predicted molar refractivity (Wildman–Crippen MR) is 130 cm³/mol. The molecule has 1 aliphatic heterocycles. The first-order chi connectivity index (χ1) is 16.6. The van der Waals surface area contributed by atoms with Gasteiger partial charge in [-0.15, -0.1) is 0 Å². The molecule has 1 atom stereocenters. The number of nitrogens with one attached hydrogen (secondary N) is 1. The quantitative estimate of drug-likeness (QED) is 0.558. The minimum Gasteiger partial charge on any atom is -0.496 e. The van der Waals surface area contributed by atoms with Gasteiger partial charge in [-0.2, -0.15) is 0 Å². The van der Waals surface area contributed by atoms with Gasteiger partial charge in [-0.25, -0.2) is 4.98 Å². The molecule has 0 aliphatic carbocycles. The van der Waals surface area contributed by atoms with Gasteiger partial charge < -0.3 is 19.5 Å². The Kier molecular flexibility index (Phi) is 7.62. The highest BCUT2D eigenvalue weighted by Crippen LogP contribution is 2.30. The number of amides is 2. The molecule has 2 heterocycles. The van der Waals surface area contributed by atoms with Crippen LogP contribution >= 0.6 is 0 Å². The number of ether oxygens (including phenoxy) is 1. The molecule has 1 fully saturated rings. The average Bonchev–Trinajstić information content (AvgIpc) is 3.31. The van der Waals surface area contributed by atoms with E-state index in [0.717, 1.165) is 17.8 Å². The van der Waals surface area contributed by atoms with Crippen molar-refractivity contribution in [3.8, 4) is 5.75 Å². The summed E-state index contributed by atoms with van der Waals surface area (Å²) in [4.78, 5) is 32.3. The number of aryl methyl sites for hydroxylation is 2. The van der Waals surface area contributed by atoms with Gasteiger partial charge in [0.25, 0.3) is 0 Å². The molecule has 2 aromatic carbocycles. The summed E-state index contributed by atoms with van der Waals surface area (Å²) in [6.07, 6.45) is 6.14. The van der Waals surface area contributed by atoms with E-state index in [1.165, 1.54) is 5.56 Å². The summed E-state index contributed by atoms with van der Waals surface area (Å²) in [6, 6.07) is 17.3. The van der Waals surface area contributed by atoms with Gasteiger partial charge in [-0.3, -0.25) is 9.59 Å². The van der Waals surface area contributed by atoms with Crippen LogP contribution in [0.5, 0.6) is 5.75 Å². The molecule has 0 radical (unpaired) electrons. The van der Waals surface area contributed by atoms with Gasteiger partial charge in [0, 0.05) is 50.4 Å². The molecular weight excluding hydrogens is 428 g/mol. The zero-order valence-electron chi connectivity index (χ0n) is 19.8. The Balaban J connectivity index is 1.38. The Morgan fingerprint density at radius 2 is 1.79 bits per heavy atom. The van der Waals surface area contributed by atoms with Crippen molar-refractivity contribution in [3.05, 3.63) is 83.9 Å². The summed E-state index contributed by atoms with van der Waals surface area (Å²) in [5.41, 5.74) is 2.03. The maximum absolute atomic E-state index is 13.3. The monoisotopic (exact) mass is 460 g/mol. The Morgan fingerprint density at radius 1 is 1.09 bits per heavy atom. The predicted octanol–water partition coefficient (Wildman–Crippen LogP) is 3.51. The number of para-hydroxylation sites is 1. The number of benzene rings is 2. The number of hydrogen-bond donors (Lipinski definition) is 1. The molecule has 1 aromatic heterocycles. The molecule has 0 saturated carbocycles. The van der Waals surface area contributed by atoms with E-state index in [2.05, 4.69) is 10.3 Å². The van der Waals surface area contributed by atoms with Crippen molar-refractivity contribution in [1.29, 1.82) is 0 Å². The SMILES string of the molecule is COc1ccccc1C(NC(=O)C1CCN(C(=O)CCc2ccccc2)CC1)c1nccn1C. The first kappa shape index (κ1) is 23.5. The highest BCUT2D eigenvalue weighted by molar-refractivity contribution is 5.81. The van der Waals surface area contributed by atoms with E-state index in [1.807, 2.05) is 77.3 Å². The van der Waals surface area contributed by atoms with Crippen LogP contribution in [0.2, 0.25) is 0 Å². The Bertz CT molecular complexity index is 1100. The van der Waals surface area contributed by atoms with Crippen molar-refractivity contribution in [3.63, 3.8) is 0 Å². The molecule has 34 heavy (non-hydrogen) atoms. The lowest BCUT2D eigenvalue weighted by molar-refractivity contribution is -0.135. The van der Waals surface area contributed by atoms with E-state index >= 15 is 0 Å². The topological polar surface area (TPSA) is 76.5 Å². The van der Waals surface area contributed by atoms with E-state index in [-0.39, 0.29) is 17.7 Å². The van der Waals surface area contributed by atoms with Crippen molar-refractivity contribution in [2.24, 2.45) is 13.0 Å². The number of rotatable bonds is 8. The molecule has 7 nitrogen and oxygen atoms in total. The summed E-state index contributed by atoms with van der Waals surface area (Å²) < 4.78 is 7.46. The second-order valence-corrected chi connectivity index (χ2v) is 8.72. The molecule has 178 valence electrons. The standard InChI is InChI=1S/C27H32N4O3/c1-30-19-16-28-26(30)25(22-10-6-7-11-23(22)34-2)29-27(33)21-14-17-31(18-15-21)24(32)13-12-20-8-4-3-5-9-20/h3-11,16,19,21,25H,12-15,17-18H2,1-2H3,(H,29,33). The Morgan fingerprint density at radius 3 is 2.47 bits per heavy atom. The molecule has 1 N–H and O–H groups in total. The third kappa shape index (κ3) is 5.47. The summed E-state index contributed by atoms with van der Waals surface area (Å²) in [5, 5.41) is 3.21. The number of methoxy groups -OCH3 is 1. The van der Waals surface area contributed by atoms with Crippen LogP contribution in [0.4, 0.5) is 0 Å². The molecule has 1 unspecified atom stereocenters. The lowest BCUT2D eigenvalue weighted by atomic mass is 9.94. The second-order valence-electron chi connectivity index (χ2n) is 8.72. The van der Waals surface area contributed by atoms with E-state index in [1.54, 1.807) is 13.3 Å². The van der Waals surface area contributed by atoms with Gasteiger partial charge in [0.05, 0.1) is 7.11 Å². The third-order valence-corrected chi connectivity index (χ3v) is 6.54. The number of aromatic nitrogens is 2. The van der Waals surface area contributed by atoms with Gasteiger partial charge >= 0.3 is 0 Å². The molecule has 3 aromatic rings. The molecule has 1 aliphatic rings. The van der Waals surface area contributed by atoms with E-state index < -0.39 is 6.04 Å². The van der Waals surface area contributed by atoms with Gasteiger partial charge in [0.2, 0.25) is 11.8 Å². The second kappa shape index (κ2) is 11.0. The van der Waals surface area contributed by atoms with Crippen molar-refractivity contribution in [1.82, 2.24) is 19.8 Å². The van der Waals surface area contributed by atoms with Crippen molar-refractivity contribution < 1.29 is 14.3 Å². The van der Waals surface area contributed by atoms with E-state index in [9.17, 15) is 9.59 Å². The van der Waals surface area contributed by atoms with Crippen LogP contribution in [0.25, 0.3) is 0 Å². The normalized spacial score (nSPS) is 15.1. The van der Waals surface area contributed by atoms with Crippen LogP contribution in [0.3, 0.4) is 0 Å². The fourth-order valence-corrected chi connectivity index (χ4v) is 4.55. The first-order valence-electron chi connectivity index (χ1n) is 11.8. The smallest absolute Gasteiger partial charge is 0.224 e. The average molecular weight is 461 g/mol. The van der Waals surface area contributed by atoms with E-state index in [4.69, 9.17) is 4.74 Å². The van der Waals surface area contributed by atoms with E-state index in [0.29, 0.717) is 38.1 Å². The molecule has 0 spiro atoms. The van der Waals surface area contributed by atoms with Gasteiger partial charge in [0.1, 0.15) is 17.6 Å². The third-order valence-electron chi connectivity index (χ3n) is 6.54. The zero-order chi connectivity index (χ0) is 23.9. The number of carbonyl (C=O) groups excluding carboxylic acids is 2. The summed E-state index contributed by atoms with van der Waals surface area (Å²) in [6.45, 7) is 1.21. The van der Waals surface area contributed by atoms with Crippen molar-refractivity contribution in [2.45, 2.75) is 31.7 Å². The van der Waals surface area contributed by atoms with Crippen LogP contribution < -0.4 is 10.1 Å². The summed E-state index contributed by atoms with van der Waals surface area (Å²) >= 11 is 0. The van der Waals surface area contributed by atoms with Crippen molar-refractivity contribution in [2.75, 3.05) is 20.2 Å². The first-order valence-corrected chi connectivity index (χ1v) is 11.8. The Labute approximate surface area is 200 Å². The van der Waals surface area contributed by atoms with Crippen LogP contribution in [-0.2, 0) is 23.1 Å². The molecule has 4 rings (SSSR count). The van der Waals surface area contributed by atoms with Crippen molar-refractivity contribution >= 4 is 11.8 Å². The molecule has 2 amide bonds. The highest BCUT2D eigenvalue weighted by Gasteiger charge is 2.31. The fraction of sp³-hybridized carbons (Fsp3) is 0.370. The largest absolute Gasteiger partial charge is 0.496 e. The number of likely N-dealkylation sites (tertiary alicyclic amines) is 1. The van der Waals surface area contributed by atoms with Crippen LogP contribution in [-0.4, -0.2) is 46.5 Å². The molecule has 1 saturated heterocycles. The molecule has 7 heteroatoms. The molecule has 0 bridgehead atoms. The number of imidazole rings is 1. The number of hydrogen-bond acceptors (Lipinski definition) is 4. The maximum Gasteiger partial charge on any atom is 0.224 e. The lowest BCUT2D eigenvalue weighted by Gasteiger charge is -2.32. The summed E-state index contributed by atoms with van der Waals surface area (Å²) in [5.74, 6) is 1.44. The van der Waals surface area contributed by atoms with Gasteiger partial charge in [0.15, 0.2) is 0 Å². The summed E-state index contributed by atoms with van der Waals surface area (Å²) in [7, 11) is 3.54. The fourth-order valence-electron chi connectivity index (χ4n) is 4.55. The Hall–Kier alpha value is -3.61. The van der Waals surface area contributed by atoms with Crippen LogP contribution in [0.1, 0.15) is 42.3 Å².